The fourth-order valence-electron chi connectivity index (χ4n) is 4.00. The van der Waals surface area contributed by atoms with Gasteiger partial charge in [0.2, 0.25) is 0 Å². The Labute approximate surface area is 193 Å². The molecule has 4 nitrogen and oxygen atoms in total. The summed E-state index contributed by atoms with van der Waals surface area (Å²) in [7, 11) is 0. The fraction of sp³-hybridized carbons (Fsp3) is 0.538. The van der Waals surface area contributed by atoms with Crippen LogP contribution in [0.4, 0.5) is 0 Å². The van der Waals surface area contributed by atoms with Gasteiger partial charge in [0, 0.05) is 12.6 Å². The van der Waals surface area contributed by atoms with Crippen LogP contribution in [0.3, 0.4) is 0 Å². The van der Waals surface area contributed by atoms with Crippen LogP contribution in [-0.4, -0.2) is 37.0 Å². The first-order valence-corrected chi connectivity index (χ1v) is 11.6. The molecule has 0 radical (unpaired) electrons. The van der Waals surface area contributed by atoms with Crippen LogP contribution in [0, 0.1) is 0 Å². The molecule has 3 rings (SSSR count). The van der Waals surface area contributed by atoms with E-state index >= 15 is 0 Å². The Morgan fingerprint density at radius 1 is 1.00 bits per heavy atom. The van der Waals surface area contributed by atoms with Crippen molar-refractivity contribution in [3.05, 3.63) is 59.7 Å². The number of benzene rings is 2. The van der Waals surface area contributed by atoms with Gasteiger partial charge < -0.3 is 19.9 Å². The maximum absolute atomic E-state index is 10.3. The van der Waals surface area contributed by atoms with Gasteiger partial charge in [0.15, 0.2) is 0 Å². The minimum atomic E-state index is -0.522. The molecule has 0 bridgehead atoms. The monoisotopic (exact) mass is 447 g/mol. The maximum atomic E-state index is 10.3. The van der Waals surface area contributed by atoms with Crippen LogP contribution in [0.25, 0.3) is 0 Å². The zero-order chi connectivity index (χ0) is 21.0. The number of aliphatic hydroxyl groups is 1. The van der Waals surface area contributed by atoms with Crippen molar-refractivity contribution in [3.63, 3.8) is 0 Å². The van der Waals surface area contributed by atoms with Crippen molar-refractivity contribution in [3.8, 4) is 11.5 Å². The van der Waals surface area contributed by atoms with E-state index in [1.54, 1.807) is 0 Å². The number of para-hydroxylation sites is 1. The summed E-state index contributed by atoms with van der Waals surface area (Å²) in [5.74, 6) is 1.78. The van der Waals surface area contributed by atoms with E-state index in [4.69, 9.17) is 9.47 Å². The van der Waals surface area contributed by atoms with Crippen LogP contribution in [-0.2, 0) is 12.8 Å². The second-order valence-corrected chi connectivity index (χ2v) is 8.32. The number of rotatable bonds is 12. The van der Waals surface area contributed by atoms with Crippen molar-refractivity contribution in [2.75, 3.05) is 19.8 Å². The molecule has 0 spiro atoms. The van der Waals surface area contributed by atoms with Crippen LogP contribution >= 0.6 is 12.4 Å². The third-order valence-corrected chi connectivity index (χ3v) is 5.74. The van der Waals surface area contributed by atoms with Gasteiger partial charge in [0.1, 0.15) is 24.2 Å². The largest absolute Gasteiger partial charge is 0.494 e. The summed E-state index contributed by atoms with van der Waals surface area (Å²) in [5.41, 5.74) is 2.82. The molecule has 2 atom stereocenters. The van der Waals surface area contributed by atoms with E-state index in [1.165, 1.54) is 36.8 Å². The van der Waals surface area contributed by atoms with Crippen molar-refractivity contribution in [1.29, 1.82) is 0 Å². The van der Waals surface area contributed by atoms with E-state index < -0.39 is 6.10 Å². The highest BCUT2D eigenvalue weighted by Crippen LogP contribution is 2.25. The quantitative estimate of drug-likeness (QED) is 0.340. The smallest absolute Gasteiger partial charge is 0.119 e. The Hall–Kier alpha value is -1.75. The normalized spacial score (nSPS) is 16.5. The number of aliphatic hydroxyl groups excluding tert-OH is 1. The maximum Gasteiger partial charge on any atom is 0.119 e. The van der Waals surface area contributed by atoms with Gasteiger partial charge in [-0.3, -0.25) is 0 Å². The predicted molar refractivity (Wildman–Crippen MR) is 130 cm³/mol. The molecule has 2 aromatic rings. The van der Waals surface area contributed by atoms with Gasteiger partial charge in [-0.1, -0.05) is 50.5 Å². The van der Waals surface area contributed by atoms with Crippen LogP contribution in [0.5, 0.6) is 11.5 Å². The van der Waals surface area contributed by atoms with Crippen molar-refractivity contribution in [1.82, 2.24) is 5.32 Å². The van der Waals surface area contributed by atoms with Gasteiger partial charge in [-0.25, -0.2) is 0 Å². The van der Waals surface area contributed by atoms with Crippen molar-refractivity contribution in [2.45, 2.75) is 70.4 Å². The minimum Gasteiger partial charge on any atom is -0.494 e. The molecule has 0 amide bonds. The molecule has 1 aliphatic rings. The van der Waals surface area contributed by atoms with Gasteiger partial charge in [-0.05, 0) is 67.5 Å². The molecular weight excluding hydrogens is 410 g/mol. The Kier molecular flexibility index (Phi) is 11.8. The third-order valence-electron chi connectivity index (χ3n) is 5.74. The topological polar surface area (TPSA) is 50.7 Å². The summed E-state index contributed by atoms with van der Waals surface area (Å²) in [4.78, 5) is 0. The predicted octanol–water partition coefficient (Wildman–Crippen LogP) is 5.34. The van der Waals surface area contributed by atoms with Gasteiger partial charge in [0.05, 0.1) is 6.61 Å². The van der Waals surface area contributed by atoms with E-state index in [0.717, 1.165) is 43.8 Å². The van der Waals surface area contributed by atoms with E-state index in [9.17, 15) is 5.11 Å². The molecule has 0 fully saturated rings. The van der Waals surface area contributed by atoms with Gasteiger partial charge in [0.25, 0.3) is 0 Å². The average Bonchev–Trinajstić information content (AvgIpc) is 2.98. The number of ether oxygens (including phenoxy) is 2. The summed E-state index contributed by atoms with van der Waals surface area (Å²) in [6.07, 6.45) is 8.75. The van der Waals surface area contributed by atoms with Crippen molar-refractivity contribution >= 4 is 12.4 Å². The van der Waals surface area contributed by atoms with E-state index in [1.807, 2.05) is 30.3 Å². The first kappa shape index (κ1) is 25.5. The molecular formula is C26H38ClNO3. The highest BCUT2D eigenvalue weighted by Gasteiger charge is 2.18. The zero-order valence-electron chi connectivity index (χ0n) is 18.7. The molecule has 0 aliphatic heterocycles. The number of nitrogens with one attached hydrogen (secondary N) is 1. The van der Waals surface area contributed by atoms with Crippen LogP contribution in [0.1, 0.15) is 56.6 Å². The lowest BCUT2D eigenvalue weighted by molar-refractivity contribution is 0.103. The lowest BCUT2D eigenvalue weighted by Crippen LogP contribution is -2.39. The molecule has 0 saturated heterocycles. The Balaban J connectivity index is 0.00000341. The zero-order valence-corrected chi connectivity index (χ0v) is 19.5. The molecule has 0 aromatic heterocycles. The molecule has 2 aromatic carbocycles. The Morgan fingerprint density at radius 3 is 2.65 bits per heavy atom. The summed E-state index contributed by atoms with van der Waals surface area (Å²) < 4.78 is 11.6. The number of hydrogen-bond donors (Lipinski definition) is 2. The van der Waals surface area contributed by atoms with Gasteiger partial charge in [-0.15, -0.1) is 12.4 Å². The van der Waals surface area contributed by atoms with Crippen LogP contribution < -0.4 is 14.8 Å². The molecule has 1 aliphatic carbocycles. The van der Waals surface area contributed by atoms with Crippen molar-refractivity contribution < 1.29 is 14.6 Å². The summed E-state index contributed by atoms with van der Waals surface area (Å²) >= 11 is 0. The van der Waals surface area contributed by atoms with E-state index in [0.29, 0.717) is 19.2 Å². The van der Waals surface area contributed by atoms with Gasteiger partial charge in [-0.2, -0.15) is 0 Å². The number of fused-ring (bicyclic) bond motifs is 1. The first-order valence-electron chi connectivity index (χ1n) is 11.6. The molecule has 1 unspecified atom stereocenters. The van der Waals surface area contributed by atoms with Crippen molar-refractivity contribution in [2.24, 2.45) is 0 Å². The molecule has 0 heterocycles. The number of halogens is 1. The van der Waals surface area contributed by atoms with Crippen LogP contribution in [0.15, 0.2) is 48.5 Å². The number of aryl methyl sites for hydroxylation is 1. The van der Waals surface area contributed by atoms with E-state index in [2.05, 4.69) is 30.4 Å². The fourth-order valence-corrected chi connectivity index (χ4v) is 4.00. The lowest BCUT2D eigenvalue weighted by Gasteiger charge is -2.20. The third kappa shape index (κ3) is 9.10. The molecule has 5 heteroatoms. The SMILES string of the molecule is CCCCCCOc1ccc2c(c1)CC(NC[C@H](O)COc1ccccc1)CCC2.Cl. The Morgan fingerprint density at radius 2 is 1.84 bits per heavy atom. The summed E-state index contributed by atoms with van der Waals surface area (Å²) in [5, 5.41) is 13.9. The number of hydrogen-bond acceptors (Lipinski definition) is 4. The Bertz CT molecular complexity index is 741. The minimum absolute atomic E-state index is 0. The molecule has 31 heavy (non-hydrogen) atoms. The summed E-state index contributed by atoms with van der Waals surface area (Å²) in [6.45, 7) is 3.87. The lowest BCUT2D eigenvalue weighted by atomic mass is 10.0. The second-order valence-electron chi connectivity index (χ2n) is 8.32. The summed E-state index contributed by atoms with van der Waals surface area (Å²) in [6, 6.07) is 16.6. The standard InChI is InChI=1S/C26H37NO3.ClH/c1-2-3-4-8-16-29-26-15-14-21-10-9-11-23(17-22(21)18-26)27-19-24(28)20-30-25-12-6-5-7-13-25;/h5-7,12-15,18,23-24,27-28H,2-4,8-11,16-17,19-20H2,1H3;1H/t23?,24-;/m0./s1. The second kappa shape index (κ2) is 14.3. The molecule has 172 valence electrons. The van der Waals surface area contributed by atoms with Crippen LogP contribution in [0.2, 0.25) is 0 Å². The highest BCUT2D eigenvalue weighted by molar-refractivity contribution is 5.85. The average molecular weight is 448 g/mol. The van der Waals surface area contributed by atoms with Gasteiger partial charge >= 0.3 is 0 Å². The molecule has 2 N–H and O–H groups in total. The highest BCUT2D eigenvalue weighted by atomic mass is 35.5. The molecule has 0 saturated carbocycles. The number of unbranched alkanes of at least 4 members (excludes halogenated alkanes) is 3. The van der Waals surface area contributed by atoms with E-state index in [-0.39, 0.29) is 12.4 Å². The first-order chi connectivity index (χ1) is 14.7.